The summed E-state index contributed by atoms with van der Waals surface area (Å²) in [5.41, 5.74) is 0. The van der Waals surface area contributed by atoms with Crippen LogP contribution in [0.4, 0.5) is 0 Å². The normalized spacial score (nSPS) is 10.5. The predicted molar refractivity (Wildman–Crippen MR) is 51.4 cm³/mol. The van der Waals surface area contributed by atoms with E-state index in [1.54, 1.807) is 17.4 Å². The highest BCUT2D eigenvalue weighted by Crippen LogP contribution is 2.09. The van der Waals surface area contributed by atoms with Gasteiger partial charge in [-0.2, -0.15) is 0 Å². The van der Waals surface area contributed by atoms with Crippen LogP contribution < -0.4 is 0 Å². The molecule has 1 aromatic heterocycles. The lowest BCUT2D eigenvalue weighted by Crippen LogP contribution is -2.04. The Morgan fingerprint density at radius 3 is 3.15 bits per heavy atom. The molecule has 0 aliphatic carbocycles. The molecule has 0 aliphatic rings. The molecule has 0 unspecified atom stereocenters. The third-order valence-corrected chi connectivity index (χ3v) is 2.10. The van der Waals surface area contributed by atoms with Crippen molar-refractivity contribution in [3.63, 3.8) is 0 Å². The molecule has 0 spiro atoms. The van der Waals surface area contributed by atoms with E-state index in [1.807, 2.05) is 17.5 Å². The summed E-state index contributed by atoms with van der Waals surface area (Å²) in [6, 6.07) is 3.81. The van der Waals surface area contributed by atoms with Crippen LogP contribution in [0.3, 0.4) is 0 Å². The van der Waals surface area contributed by atoms with Gasteiger partial charge in [0.05, 0.1) is 6.61 Å². The average molecular weight is 198 g/mol. The third kappa shape index (κ3) is 3.87. The van der Waals surface area contributed by atoms with E-state index in [4.69, 9.17) is 5.11 Å². The molecule has 70 valence electrons. The van der Waals surface area contributed by atoms with Gasteiger partial charge in [0.25, 0.3) is 0 Å². The summed E-state index contributed by atoms with van der Waals surface area (Å²) in [7, 11) is 0. The molecule has 4 heteroatoms. The van der Waals surface area contributed by atoms with E-state index < -0.39 is 5.97 Å². The molecule has 13 heavy (non-hydrogen) atoms. The molecule has 0 saturated heterocycles. The van der Waals surface area contributed by atoms with Gasteiger partial charge in [0.15, 0.2) is 0 Å². The highest BCUT2D eigenvalue weighted by atomic mass is 32.1. The number of ether oxygens (including phenoxy) is 1. The Labute approximate surface area is 80.3 Å². The third-order valence-electron chi connectivity index (χ3n) is 1.26. The van der Waals surface area contributed by atoms with Crippen LogP contribution in [0.2, 0.25) is 0 Å². The van der Waals surface area contributed by atoms with E-state index in [0.717, 1.165) is 4.88 Å². The van der Waals surface area contributed by atoms with E-state index in [1.165, 1.54) is 6.08 Å². The van der Waals surface area contributed by atoms with Gasteiger partial charge in [0, 0.05) is 11.0 Å². The Hall–Kier alpha value is -1.13. The standard InChI is InChI=1S/C9H10O3S/c10-5-6-12-9(11)4-3-8-2-1-7-13-8/h1-4,7,10H,5-6H2/b4-3+. The van der Waals surface area contributed by atoms with Gasteiger partial charge < -0.3 is 9.84 Å². The number of carbonyl (C=O) groups is 1. The Kier molecular flexibility index (Phi) is 4.21. The predicted octanol–water partition coefficient (Wildman–Crippen LogP) is 1.30. The van der Waals surface area contributed by atoms with Crippen LogP contribution in [0.1, 0.15) is 4.88 Å². The second kappa shape index (κ2) is 5.50. The molecule has 1 rings (SSSR count). The van der Waals surface area contributed by atoms with Gasteiger partial charge in [-0.3, -0.25) is 0 Å². The second-order valence-electron chi connectivity index (χ2n) is 2.24. The van der Waals surface area contributed by atoms with Crippen molar-refractivity contribution in [2.24, 2.45) is 0 Å². The van der Waals surface area contributed by atoms with Crippen molar-refractivity contribution < 1.29 is 14.6 Å². The number of carbonyl (C=O) groups excluding carboxylic acids is 1. The first kappa shape index (κ1) is 9.95. The molecular formula is C9H10O3S. The Bertz CT molecular complexity index is 277. The minimum absolute atomic E-state index is 0.0492. The number of aliphatic hydroxyl groups is 1. The summed E-state index contributed by atoms with van der Waals surface area (Å²) in [4.78, 5) is 11.9. The minimum atomic E-state index is -0.428. The molecule has 0 radical (unpaired) electrons. The summed E-state index contributed by atoms with van der Waals surface area (Å²) in [6.45, 7) is -0.0911. The lowest BCUT2D eigenvalue weighted by Gasteiger charge is -1.95. The molecule has 0 amide bonds. The summed E-state index contributed by atoms with van der Waals surface area (Å²) in [5, 5.41) is 10.3. The largest absolute Gasteiger partial charge is 0.460 e. The Morgan fingerprint density at radius 2 is 2.54 bits per heavy atom. The molecule has 0 aliphatic heterocycles. The minimum Gasteiger partial charge on any atom is -0.460 e. The highest BCUT2D eigenvalue weighted by Gasteiger charge is 1.95. The topological polar surface area (TPSA) is 46.5 Å². The van der Waals surface area contributed by atoms with E-state index >= 15 is 0 Å². The van der Waals surface area contributed by atoms with Crippen LogP contribution in [0.25, 0.3) is 6.08 Å². The SMILES string of the molecule is O=C(/C=C/c1cccs1)OCCO. The highest BCUT2D eigenvalue weighted by molar-refractivity contribution is 7.10. The smallest absolute Gasteiger partial charge is 0.330 e. The lowest BCUT2D eigenvalue weighted by atomic mass is 10.4. The van der Waals surface area contributed by atoms with Crippen molar-refractivity contribution in [2.45, 2.75) is 0 Å². The zero-order valence-corrected chi connectivity index (χ0v) is 7.79. The number of aliphatic hydroxyl groups excluding tert-OH is 1. The fourth-order valence-corrected chi connectivity index (χ4v) is 1.35. The van der Waals surface area contributed by atoms with Gasteiger partial charge in [0.2, 0.25) is 0 Å². The van der Waals surface area contributed by atoms with Crippen molar-refractivity contribution >= 4 is 23.4 Å². The number of thiophene rings is 1. The maximum absolute atomic E-state index is 10.9. The van der Waals surface area contributed by atoms with Crippen molar-refractivity contribution in [1.29, 1.82) is 0 Å². The van der Waals surface area contributed by atoms with Gasteiger partial charge in [-0.05, 0) is 17.5 Å². The van der Waals surface area contributed by atoms with Crippen molar-refractivity contribution in [1.82, 2.24) is 0 Å². The maximum Gasteiger partial charge on any atom is 0.330 e. The average Bonchev–Trinajstić information content (AvgIpc) is 2.64. The first-order valence-corrected chi connectivity index (χ1v) is 4.70. The van der Waals surface area contributed by atoms with Gasteiger partial charge in [-0.1, -0.05) is 6.07 Å². The number of esters is 1. The monoisotopic (exact) mass is 198 g/mol. The van der Waals surface area contributed by atoms with Crippen molar-refractivity contribution in [2.75, 3.05) is 13.2 Å². The molecule has 3 nitrogen and oxygen atoms in total. The molecule has 0 bridgehead atoms. The molecule has 0 fully saturated rings. The number of hydrogen-bond acceptors (Lipinski definition) is 4. The van der Waals surface area contributed by atoms with Gasteiger partial charge in [-0.15, -0.1) is 11.3 Å². The summed E-state index contributed by atoms with van der Waals surface area (Å²) in [5.74, 6) is -0.428. The van der Waals surface area contributed by atoms with E-state index in [-0.39, 0.29) is 13.2 Å². The maximum atomic E-state index is 10.9. The van der Waals surface area contributed by atoms with Crippen LogP contribution >= 0.6 is 11.3 Å². The van der Waals surface area contributed by atoms with Crippen molar-refractivity contribution in [3.8, 4) is 0 Å². The second-order valence-corrected chi connectivity index (χ2v) is 3.22. The molecule has 0 atom stereocenters. The molecule has 1 N–H and O–H groups in total. The zero-order valence-electron chi connectivity index (χ0n) is 6.97. The zero-order chi connectivity index (χ0) is 9.52. The van der Waals surface area contributed by atoms with E-state index in [0.29, 0.717) is 0 Å². The first-order chi connectivity index (χ1) is 6.33. The van der Waals surface area contributed by atoms with E-state index in [2.05, 4.69) is 4.74 Å². The van der Waals surface area contributed by atoms with Crippen LogP contribution in [0, 0.1) is 0 Å². The molecule has 0 aromatic carbocycles. The Morgan fingerprint density at radius 1 is 1.69 bits per heavy atom. The fourth-order valence-electron chi connectivity index (χ4n) is 0.731. The Balaban J connectivity index is 2.35. The summed E-state index contributed by atoms with van der Waals surface area (Å²) < 4.78 is 4.62. The van der Waals surface area contributed by atoms with Crippen LogP contribution in [0.15, 0.2) is 23.6 Å². The molecular weight excluding hydrogens is 188 g/mol. The molecule has 1 heterocycles. The van der Waals surface area contributed by atoms with Gasteiger partial charge in [0.1, 0.15) is 6.61 Å². The van der Waals surface area contributed by atoms with Gasteiger partial charge in [-0.25, -0.2) is 4.79 Å². The molecule has 1 aromatic rings. The fraction of sp³-hybridized carbons (Fsp3) is 0.222. The molecule has 0 saturated carbocycles. The van der Waals surface area contributed by atoms with Crippen LogP contribution in [0.5, 0.6) is 0 Å². The summed E-state index contributed by atoms with van der Waals surface area (Å²) >= 11 is 1.54. The van der Waals surface area contributed by atoms with Crippen LogP contribution in [-0.2, 0) is 9.53 Å². The first-order valence-electron chi connectivity index (χ1n) is 3.82. The quantitative estimate of drug-likeness (QED) is 0.586. The van der Waals surface area contributed by atoms with Crippen molar-refractivity contribution in [3.05, 3.63) is 28.5 Å². The van der Waals surface area contributed by atoms with Crippen LogP contribution in [-0.4, -0.2) is 24.3 Å². The number of rotatable bonds is 4. The lowest BCUT2D eigenvalue weighted by molar-refractivity contribution is -0.138. The van der Waals surface area contributed by atoms with E-state index in [9.17, 15) is 4.79 Å². The summed E-state index contributed by atoms with van der Waals surface area (Å²) in [6.07, 6.45) is 3.03. The van der Waals surface area contributed by atoms with Gasteiger partial charge >= 0.3 is 5.97 Å². The number of hydrogen-bond donors (Lipinski definition) is 1.